The number of guanidine groups is 1. The molecule has 1 aromatic heterocycles. The molecule has 3 aliphatic rings. The van der Waals surface area contributed by atoms with Crippen LogP contribution in [-0.4, -0.2) is 67.9 Å². The van der Waals surface area contributed by atoms with Gasteiger partial charge in [0.1, 0.15) is 6.10 Å². The van der Waals surface area contributed by atoms with Gasteiger partial charge >= 0.3 is 0 Å². The van der Waals surface area contributed by atoms with Crippen LogP contribution in [0.4, 0.5) is 0 Å². The Kier molecular flexibility index (Phi) is 8.80. The molecule has 0 aromatic carbocycles. The number of morpholine rings is 1. The highest BCUT2D eigenvalue weighted by molar-refractivity contribution is 14.0. The standard InChI is InChI=1S/C20H32N4O2S.HI/c1-21-20(24-11-13-26-17(14-24)16-7-5-12-25-16)22-10-4-9-19-23-15-6-2-3-8-18(15)27-19;/h16-17H,2-14H2,1H3,(H,21,22);1H. The maximum atomic E-state index is 5.95. The number of aromatic nitrogens is 1. The average molecular weight is 520 g/mol. The molecular weight excluding hydrogens is 487 g/mol. The lowest BCUT2D eigenvalue weighted by atomic mass is 10.0. The molecule has 6 nitrogen and oxygen atoms in total. The fraction of sp³-hybridized carbons (Fsp3) is 0.800. The van der Waals surface area contributed by atoms with Crippen LogP contribution in [0.2, 0.25) is 0 Å². The summed E-state index contributed by atoms with van der Waals surface area (Å²) < 4.78 is 11.8. The van der Waals surface area contributed by atoms with E-state index in [1.54, 1.807) is 0 Å². The summed E-state index contributed by atoms with van der Waals surface area (Å²) in [5.74, 6) is 0.986. The Balaban J connectivity index is 0.00000225. The van der Waals surface area contributed by atoms with E-state index < -0.39 is 0 Å². The van der Waals surface area contributed by atoms with Gasteiger partial charge in [-0.15, -0.1) is 35.3 Å². The van der Waals surface area contributed by atoms with Crippen molar-refractivity contribution in [3.8, 4) is 0 Å². The Hall–Kier alpha value is -0.450. The number of ether oxygens (including phenoxy) is 2. The molecule has 2 aliphatic heterocycles. The summed E-state index contributed by atoms with van der Waals surface area (Å²) in [4.78, 5) is 13.2. The minimum atomic E-state index is 0. The van der Waals surface area contributed by atoms with E-state index in [9.17, 15) is 0 Å². The molecule has 0 spiro atoms. The van der Waals surface area contributed by atoms with Crippen molar-refractivity contribution in [1.29, 1.82) is 0 Å². The summed E-state index contributed by atoms with van der Waals surface area (Å²) in [7, 11) is 1.87. The minimum absolute atomic E-state index is 0. The van der Waals surface area contributed by atoms with E-state index in [-0.39, 0.29) is 36.2 Å². The van der Waals surface area contributed by atoms with E-state index in [2.05, 4.69) is 15.2 Å². The number of rotatable bonds is 5. The molecule has 1 aromatic rings. The van der Waals surface area contributed by atoms with E-state index >= 15 is 0 Å². The fourth-order valence-corrected chi connectivity index (χ4v) is 5.47. The molecule has 158 valence electrons. The number of nitrogens with one attached hydrogen (secondary N) is 1. The number of hydrogen-bond donors (Lipinski definition) is 1. The third-order valence-electron chi connectivity index (χ3n) is 5.72. The summed E-state index contributed by atoms with van der Waals surface area (Å²) in [5.41, 5.74) is 1.37. The summed E-state index contributed by atoms with van der Waals surface area (Å²) in [6.45, 7) is 4.30. The molecule has 2 atom stereocenters. The number of fused-ring (bicyclic) bond motifs is 1. The lowest BCUT2D eigenvalue weighted by Gasteiger charge is -2.37. The number of thiazole rings is 1. The van der Waals surface area contributed by atoms with Gasteiger partial charge in [0.2, 0.25) is 0 Å². The van der Waals surface area contributed by atoms with Crippen molar-refractivity contribution in [2.24, 2.45) is 4.99 Å². The van der Waals surface area contributed by atoms with Crippen LogP contribution in [0.3, 0.4) is 0 Å². The van der Waals surface area contributed by atoms with Crippen molar-refractivity contribution in [1.82, 2.24) is 15.2 Å². The fourth-order valence-electron chi connectivity index (χ4n) is 4.27. The van der Waals surface area contributed by atoms with Gasteiger partial charge < -0.3 is 19.7 Å². The Bertz CT molecular complexity index is 625. The normalized spacial score (nSPS) is 25.3. The van der Waals surface area contributed by atoms with Crippen LogP contribution >= 0.6 is 35.3 Å². The number of nitrogens with zero attached hydrogens (tertiary/aromatic N) is 3. The predicted octanol–water partition coefficient (Wildman–Crippen LogP) is 3.03. The van der Waals surface area contributed by atoms with E-state index in [1.165, 1.54) is 41.3 Å². The van der Waals surface area contributed by atoms with E-state index in [0.29, 0.717) is 0 Å². The molecule has 8 heteroatoms. The SMILES string of the molecule is CN=C(NCCCc1nc2c(s1)CCCC2)N1CCOC(C2CCCO2)C1.I. The van der Waals surface area contributed by atoms with Gasteiger partial charge in [0, 0.05) is 44.6 Å². The second kappa shape index (κ2) is 11.1. The summed E-state index contributed by atoms with van der Waals surface area (Å²) in [6, 6.07) is 0. The van der Waals surface area contributed by atoms with Crippen LogP contribution in [0.25, 0.3) is 0 Å². The topological polar surface area (TPSA) is 59.0 Å². The van der Waals surface area contributed by atoms with E-state index in [0.717, 1.165) is 64.5 Å². The lowest BCUT2D eigenvalue weighted by molar-refractivity contribution is -0.0816. The smallest absolute Gasteiger partial charge is 0.193 e. The van der Waals surface area contributed by atoms with Gasteiger partial charge in [-0.1, -0.05) is 0 Å². The number of aliphatic imine (C=N–C) groups is 1. The van der Waals surface area contributed by atoms with Crippen LogP contribution in [0.1, 0.15) is 47.7 Å². The molecule has 28 heavy (non-hydrogen) atoms. The summed E-state index contributed by atoms with van der Waals surface area (Å²) >= 11 is 1.93. The summed E-state index contributed by atoms with van der Waals surface area (Å²) in [6.07, 6.45) is 9.89. The average Bonchev–Trinajstić information content (AvgIpc) is 3.38. The molecule has 0 bridgehead atoms. The maximum absolute atomic E-state index is 5.95. The first-order chi connectivity index (χ1) is 13.3. The van der Waals surface area contributed by atoms with Crippen LogP contribution < -0.4 is 5.32 Å². The van der Waals surface area contributed by atoms with Crippen LogP contribution in [0, 0.1) is 0 Å². The molecule has 1 aliphatic carbocycles. The Morgan fingerprint density at radius 2 is 2.07 bits per heavy atom. The maximum Gasteiger partial charge on any atom is 0.193 e. The molecule has 2 unspecified atom stereocenters. The highest BCUT2D eigenvalue weighted by Gasteiger charge is 2.32. The van der Waals surface area contributed by atoms with Crippen LogP contribution in [-0.2, 0) is 28.7 Å². The second-order valence-corrected chi connectivity index (χ2v) is 8.84. The molecule has 3 heterocycles. The Morgan fingerprint density at radius 1 is 1.21 bits per heavy atom. The van der Waals surface area contributed by atoms with Gasteiger partial charge in [-0.3, -0.25) is 4.99 Å². The van der Waals surface area contributed by atoms with E-state index in [4.69, 9.17) is 14.5 Å². The van der Waals surface area contributed by atoms with Gasteiger partial charge in [-0.05, 0) is 44.9 Å². The number of halogens is 1. The predicted molar refractivity (Wildman–Crippen MR) is 124 cm³/mol. The number of aryl methyl sites for hydroxylation is 3. The molecule has 2 fully saturated rings. The molecule has 4 rings (SSSR count). The van der Waals surface area contributed by atoms with Crippen molar-refractivity contribution < 1.29 is 9.47 Å². The first-order valence-corrected chi connectivity index (χ1v) is 11.3. The third kappa shape index (κ3) is 5.58. The zero-order chi connectivity index (χ0) is 18.5. The van der Waals surface area contributed by atoms with Crippen molar-refractivity contribution in [2.75, 3.05) is 39.9 Å². The van der Waals surface area contributed by atoms with E-state index in [1.807, 2.05) is 18.4 Å². The first kappa shape index (κ1) is 22.2. The summed E-state index contributed by atoms with van der Waals surface area (Å²) in [5, 5.41) is 4.85. The highest BCUT2D eigenvalue weighted by atomic mass is 127. The quantitative estimate of drug-likeness (QED) is 0.280. The largest absolute Gasteiger partial charge is 0.375 e. The van der Waals surface area contributed by atoms with Crippen LogP contribution in [0.5, 0.6) is 0 Å². The van der Waals surface area contributed by atoms with Crippen LogP contribution in [0.15, 0.2) is 4.99 Å². The number of hydrogen-bond acceptors (Lipinski definition) is 5. The molecule has 0 saturated carbocycles. The van der Waals surface area contributed by atoms with Gasteiger partial charge in [0.05, 0.1) is 23.4 Å². The zero-order valence-electron chi connectivity index (χ0n) is 16.8. The Morgan fingerprint density at radius 3 is 2.86 bits per heavy atom. The second-order valence-electron chi connectivity index (χ2n) is 7.67. The Labute approximate surface area is 189 Å². The lowest BCUT2D eigenvalue weighted by Crippen LogP contribution is -2.53. The van der Waals surface area contributed by atoms with Crippen molar-refractivity contribution in [3.63, 3.8) is 0 Å². The molecule has 0 amide bonds. The van der Waals surface area contributed by atoms with Crippen molar-refractivity contribution in [2.45, 2.75) is 63.6 Å². The molecule has 2 saturated heterocycles. The molecule has 0 radical (unpaired) electrons. The molecular formula is C20H33IN4O2S. The van der Waals surface area contributed by atoms with Gasteiger partial charge in [0.25, 0.3) is 0 Å². The third-order valence-corrected chi connectivity index (χ3v) is 6.94. The van der Waals surface area contributed by atoms with Crippen molar-refractivity contribution >= 4 is 41.3 Å². The van der Waals surface area contributed by atoms with Crippen molar-refractivity contribution in [3.05, 3.63) is 15.6 Å². The van der Waals surface area contributed by atoms with Gasteiger partial charge in [-0.2, -0.15) is 0 Å². The first-order valence-electron chi connectivity index (χ1n) is 10.5. The van der Waals surface area contributed by atoms with Gasteiger partial charge in [-0.25, -0.2) is 4.98 Å². The highest BCUT2D eigenvalue weighted by Crippen LogP contribution is 2.27. The zero-order valence-corrected chi connectivity index (χ0v) is 20.0. The van der Waals surface area contributed by atoms with Gasteiger partial charge in [0.15, 0.2) is 5.96 Å². The monoisotopic (exact) mass is 520 g/mol. The molecule has 1 N–H and O–H groups in total. The minimum Gasteiger partial charge on any atom is -0.375 e.